The summed E-state index contributed by atoms with van der Waals surface area (Å²) in [6.07, 6.45) is 0. The van der Waals surface area contributed by atoms with Crippen LogP contribution in [-0.4, -0.2) is 16.6 Å². The number of nitrogens with one attached hydrogen (secondary N) is 2. The molecule has 112 valence electrons. The molecule has 2 aromatic rings. The zero-order valence-corrected chi connectivity index (χ0v) is 12.1. The lowest BCUT2D eigenvalue weighted by Crippen LogP contribution is -2.12. The van der Waals surface area contributed by atoms with E-state index in [1.165, 1.54) is 12.1 Å². The van der Waals surface area contributed by atoms with Crippen LogP contribution in [0.5, 0.6) is 0 Å². The molecule has 8 heteroatoms. The maximum absolute atomic E-state index is 13.3. The number of hydrogen-bond acceptors (Lipinski definition) is 6. The predicted molar refractivity (Wildman–Crippen MR) is 79.9 cm³/mol. The van der Waals surface area contributed by atoms with Gasteiger partial charge < -0.3 is 15.5 Å². The Bertz CT molecular complexity index is 605. The van der Waals surface area contributed by atoms with Gasteiger partial charge >= 0.3 is 0 Å². The van der Waals surface area contributed by atoms with E-state index < -0.39 is 5.82 Å². The van der Waals surface area contributed by atoms with Gasteiger partial charge in [-0.2, -0.15) is 0 Å². The average Bonchev–Trinajstić information content (AvgIpc) is 2.43. The minimum Gasteiger partial charge on any atom is -0.374 e. The second kappa shape index (κ2) is 7.16. The Hall–Kier alpha value is -1.96. The van der Waals surface area contributed by atoms with Crippen LogP contribution in [0.15, 0.2) is 24.3 Å². The van der Waals surface area contributed by atoms with E-state index in [0.717, 1.165) is 0 Å². The number of anilines is 3. The molecule has 0 aliphatic carbocycles. The standard InChI is InChI=1S/C13H15ClFN5O/c1-2-21-7-13-18-11(6-12(19-13)20-16)17-10-4-8(14)3-9(15)5-10/h3-6H,2,7,16H2,1H3,(H2,17,18,19,20). The van der Waals surface area contributed by atoms with E-state index in [1.807, 2.05) is 6.92 Å². The fraction of sp³-hybridized carbons (Fsp3) is 0.231. The van der Waals surface area contributed by atoms with E-state index in [4.69, 9.17) is 22.2 Å². The number of hydrogen-bond donors (Lipinski definition) is 3. The van der Waals surface area contributed by atoms with Gasteiger partial charge in [-0.3, -0.25) is 0 Å². The van der Waals surface area contributed by atoms with Crippen molar-refractivity contribution in [2.75, 3.05) is 17.3 Å². The summed E-state index contributed by atoms with van der Waals surface area (Å²) < 4.78 is 18.6. The van der Waals surface area contributed by atoms with Crippen LogP contribution in [0.4, 0.5) is 21.7 Å². The summed E-state index contributed by atoms with van der Waals surface area (Å²) in [5.74, 6) is 6.26. The van der Waals surface area contributed by atoms with Crippen LogP contribution < -0.4 is 16.6 Å². The monoisotopic (exact) mass is 311 g/mol. The van der Waals surface area contributed by atoms with Crippen molar-refractivity contribution in [1.29, 1.82) is 0 Å². The van der Waals surface area contributed by atoms with E-state index in [-0.39, 0.29) is 6.61 Å². The Morgan fingerprint density at radius 2 is 2.00 bits per heavy atom. The van der Waals surface area contributed by atoms with E-state index in [2.05, 4.69) is 20.7 Å². The summed E-state index contributed by atoms with van der Waals surface area (Å²) in [6.45, 7) is 2.68. The quantitative estimate of drug-likeness (QED) is 0.562. The molecule has 0 aliphatic heterocycles. The number of halogens is 2. The molecule has 0 saturated heterocycles. The molecule has 6 nitrogen and oxygen atoms in total. The molecule has 0 bridgehead atoms. The van der Waals surface area contributed by atoms with Crippen LogP contribution >= 0.6 is 11.6 Å². The first-order chi connectivity index (χ1) is 10.1. The second-order valence-electron chi connectivity index (χ2n) is 4.12. The molecular weight excluding hydrogens is 297 g/mol. The Morgan fingerprint density at radius 1 is 1.24 bits per heavy atom. The normalized spacial score (nSPS) is 10.5. The molecule has 0 unspecified atom stereocenters. The van der Waals surface area contributed by atoms with Gasteiger partial charge in [-0.25, -0.2) is 20.2 Å². The van der Waals surface area contributed by atoms with E-state index in [1.54, 1.807) is 12.1 Å². The van der Waals surface area contributed by atoms with Gasteiger partial charge in [0.15, 0.2) is 5.82 Å². The molecule has 1 aromatic heterocycles. The third-order valence-electron chi connectivity index (χ3n) is 2.49. The van der Waals surface area contributed by atoms with Crippen LogP contribution in [0.25, 0.3) is 0 Å². The van der Waals surface area contributed by atoms with Crippen molar-refractivity contribution >= 4 is 28.9 Å². The van der Waals surface area contributed by atoms with Gasteiger partial charge in [0, 0.05) is 23.4 Å². The molecule has 21 heavy (non-hydrogen) atoms. The number of nitrogen functional groups attached to an aromatic ring is 1. The number of nitrogens with zero attached hydrogens (tertiary/aromatic N) is 2. The van der Waals surface area contributed by atoms with E-state index in [9.17, 15) is 4.39 Å². The lowest BCUT2D eigenvalue weighted by Gasteiger charge is -2.10. The Kier molecular flexibility index (Phi) is 5.26. The molecule has 0 amide bonds. The molecule has 2 rings (SSSR count). The summed E-state index contributed by atoms with van der Waals surface area (Å²) in [4.78, 5) is 8.42. The van der Waals surface area contributed by atoms with Crippen molar-refractivity contribution < 1.29 is 9.13 Å². The highest BCUT2D eigenvalue weighted by Gasteiger charge is 2.06. The zero-order chi connectivity index (χ0) is 15.2. The van der Waals surface area contributed by atoms with Crippen LogP contribution in [0.1, 0.15) is 12.7 Å². The van der Waals surface area contributed by atoms with Gasteiger partial charge in [0.25, 0.3) is 0 Å². The first-order valence-electron chi connectivity index (χ1n) is 6.26. The molecule has 0 saturated carbocycles. The van der Waals surface area contributed by atoms with Gasteiger partial charge in [-0.1, -0.05) is 11.6 Å². The SMILES string of the molecule is CCOCc1nc(NN)cc(Nc2cc(F)cc(Cl)c2)n1. The average molecular weight is 312 g/mol. The summed E-state index contributed by atoms with van der Waals surface area (Å²) in [7, 11) is 0. The van der Waals surface area contributed by atoms with Crippen LogP contribution in [0.2, 0.25) is 5.02 Å². The van der Waals surface area contributed by atoms with Gasteiger partial charge in [0.2, 0.25) is 0 Å². The molecule has 0 atom stereocenters. The summed E-state index contributed by atoms with van der Waals surface area (Å²) >= 11 is 5.81. The molecule has 1 aromatic carbocycles. The van der Waals surface area contributed by atoms with Crippen molar-refractivity contribution in [2.45, 2.75) is 13.5 Å². The Labute approximate surface area is 126 Å². The molecule has 0 radical (unpaired) electrons. The molecule has 0 aliphatic rings. The van der Waals surface area contributed by atoms with Crippen molar-refractivity contribution in [1.82, 2.24) is 9.97 Å². The Balaban J connectivity index is 2.25. The lowest BCUT2D eigenvalue weighted by molar-refractivity contribution is 0.128. The minimum absolute atomic E-state index is 0.255. The highest BCUT2D eigenvalue weighted by Crippen LogP contribution is 2.22. The number of nitrogens with two attached hydrogens (primary N) is 1. The van der Waals surface area contributed by atoms with Gasteiger partial charge in [0.1, 0.15) is 24.1 Å². The van der Waals surface area contributed by atoms with Gasteiger partial charge in [-0.05, 0) is 25.1 Å². The van der Waals surface area contributed by atoms with Gasteiger partial charge in [0.05, 0.1) is 0 Å². The highest BCUT2D eigenvalue weighted by atomic mass is 35.5. The minimum atomic E-state index is -0.439. The first kappa shape index (κ1) is 15.4. The number of ether oxygens (including phenoxy) is 1. The fourth-order valence-electron chi connectivity index (χ4n) is 1.67. The van der Waals surface area contributed by atoms with Crippen LogP contribution in [0.3, 0.4) is 0 Å². The zero-order valence-electron chi connectivity index (χ0n) is 11.4. The van der Waals surface area contributed by atoms with Crippen molar-refractivity contribution in [3.05, 3.63) is 40.9 Å². The largest absolute Gasteiger partial charge is 0.374 e. The molecule has 0 fully saturated rings. The van der Waals surface area contributed by atoms with Crippen LogP contribution in [-0.2, 0) is 11.3 Å². The predicted octanol–water partition coefficient (Wildman–Crippen LogP) is 2.83. The Morgan fingerprint density at radius 3 is 2.67 bits per heavy atom. The number of hydrazine groups is 1. The molecule has 0 spiro atoms. The summed E-state index contributed by atoms with van der Waals surface area (Å²) in [5, 5.41) is 3.24. The summed E-state index contributed by atoms with van der Waals surface area (Å²) in [6, 6.07) is 5.71. The van der Waals surface area contributed by atoms with Crippen LogP contribution in [0, 0.1) is 5.82 Å². The van der Waals surface area contributed by atoms with Gasteiger partial charge in [-0.15, -0.1) is 0 Å². The second-order valence-corrected chi connectivity index (χ2v) is 4.56. The lowest BCUT2D eigenvalue weighted by atomic mass is 10.3. The molecule has 1 heterocycles. The maximum Gasteiger partial charge on any atom is 0.158 e. The number of benzene rings is 1. The third-order valence-corrected chi connectivity index (χ3v) is 2.71. The van der Waals surface area contributed by atoms with Crippen molar-refractivity contribution in [2.24, 2.45) is 5.84 Å². The van der Waals surface area contributed by atoms with Crippen molar-refractivity contribution in [3.8, 4) is 0 Å². The van der Waals surface area contributed by atoms with E-state index >= 15 is 0 Å². The third kappa shape index (κ3) is 4.52. The number of aromatic nitrogens is 2. The number of rotatable bonds is 6. The molecule has 4 N–H and O–H groups in total. The topological polar surface area (TPSA) is 85.1 Å². The molecular formula is C13H15ClFN5O. The fourth-order valence-corrected chi connectivity index (χ4v) is 1.89. The first-order valence-corrected chi connectivity index (χ1v) is 6.64. The smallest absolute Gasteiger partial charge is 0.158 e. The maximum atomic E-state index is 13.3. The highest BCUT2D eigenvalue weighted by molar-refractivity contribution is 6.30. The van der Waals surface area contributed by atoms with E-state index in [0.29, 0.717) is 34.8 Å². The van der Waals surface area contributed by atoms with Crippen molar-refractivity contribution in [3.63, 3.8) is 0 Å². The summed E-state index contributed by atoms with van der Waals surface area (Å²) in [5.41, 5.74) is 2.92.